The molecule has 2 aromatic rings. The molecule has 1 unspecified atom stereocenters. The smallest absolute Gasteiger partial charge is 0.227 e. The maximum Gasteiger partial charge on any atom is 0.227 e. The molecule has 2 aromatic carbocycles. The second-order valence-electron chi connectivity index (χ2n) is 6.07. The highest BCUT2D eigenvalue weighted by Crippen LogP contribution is 2.27. The number of hydrogen-bond donors (Lipinski definition) is 0. The van der Waals surface area contributed by atoms with Crippen molar-refractivity contribution in [3.8, 4) is 5.75 Å². The number of nitrogens with zero attached hydrogens (tertiary/aromatic N) is 1. The molecule has 1 atom stereocenters. The molecule has 0 N–H and O–H groups in total. The van der Waals surface area contributed by atoms with Crippen LogP contribution in [0.1, 0.15) is 29.7 Å². The Morgan fingerprint density at radius 2 is 2.00 bits per heavy atom. The molecule has 0 aliphatic carbocycles. The Balaban J connectivity index is 1.70. The number of benzene rings is 2. The van der Waals surface area contributed by atoms with E-state index in [0.717, 1.165) is 35.4 Å². The summed E-state index contributed by atoms with van der Waals surface area (Å²) in [6.07, 6.45) is 1.12. The summed E-state index contributed by atoms with van der Waals surface area (Å²) in [5.41, 5.74) is 2.61. The van der Waals surface area contributed by atoms with Gasteiger partial charge < -0.3 is 9.64 Å². The molecule has 24 heavy (non-hydrogen) atoms. The second-order valence-corrected chi connectivity index (χ2v) is 6.07. The zero-order valence-electron chi connectivity index (χ0n) is 13.7. The Hall–Kier alpha value is -2.43. The maximum atomic E-state index is 13.4. The van der Waals surface area contributed by atoms with Gasteiger partial charge >= 0.3 is 0 Å². The van der Waals surface area contributed by atoms with Gasteiger partial charge in [0.05, 0.1) is 19.1 Å². The first-order chi connectivity index (χ1) is 11.5. The van der Waals surface area contributed by atoms with Crippen LogP contribution in [-0.2, 0) is 17.6 Å². The molecule has 1 heterocycles. The monoisotopic (exact) mass is 331 g/mol. The van der Waals surface area contributed by atoms with Crippen molar-refractivity contribution in [1.82, 2.24) is 4.90 Å². The van der Waals surface area contributed by atoms with E-state index in [-0.39, 0.29) is 18.4 Å². The van der Waals surface area contributed by atoms with E-state index in [2.05, 4.69) is 0 Å². The first kappa shape index (κ1) is 16.4. The summed E-state index contributed by atoms with van der Waals surface area (Å²) in [5.74, 6) is -0.986. The molecule has 0 fully saturated rings. The third kappa shape index (κ3) is 3.25. The minimum Gasteiger partial charge on any atom is -0.493 e. The van der Waals surface area contributed by atoms with Gasteiger partial charge in [-0.2, -0.15) is 0 Å². The standard InChI is InChI=1S/C19H19F2NO2/c1-12(14-4-5-16(20)17(21)11-14)22(2)19(23)10-13-3-6-18-15(9-13)7-8-24-18/h3-6,9,11-12H,7-8,10H2,1-2H3. The normalized spacial score (nSPS) is 14.0. The Labute approximate surface area is 139 Å². The topological polar surface area (TPSA) is 29.5 Å². The fourth-order valence-corrected chi connectivity index (χ4v) is 2.86. The first-order valence-electron chi connectivity index (χ1n) is 7.91. The van der Waals surface area contributed by atoms with Crippen LogP contribution < -0.4 is 4.74 Å². The lowest BCUT2D eigenvalue weighted by molar-refractivity contribution is -0.131. The molecule has 0 aromatic heterocycles. The fourth-order valence-electron chi connectivity index (χ4n) is 2.86. The zero-order chi connectivity index (χ0) is 17.3. The summed E-state index contributed by atoms with van der Waals surface area (Å²) in [6, 6.07) is 9.15. The van der Waals surface area contributed by atoms with Gasteiger partial charge in [-0.25, -0.2) is 8.78 Å². The average Bonchev–Trinajstić information content (AvgIpc) is 3.03. The molecule has 1 aliphatic heterocycles. The molecule has 1 amide bonds. The Morgan fingerprint density at radius 1 is 1.21 bits per heavy atom. The van der Waals surface area contributed by atoms with E-state index in [1.807, 2.05) is 18.2 Å². The first-order valence-corrected chi connectivity index (χ1v) is 7.91. The van der Waals surface area contributed by atoms with Crippen molar-refractivity contribution in [2.24, 2.45) is 0 Å². The van der Waals surface area contributed by atoms with Gasteiger partial charge in [0.1, 0.15) is 5.75 Å². The highest BCUT2D eigenvalue weighted by molar-refractivity contribution is 5.79. The molecule has 1 aliphatic rings. The van der Waals surface area contributed by atoms with Crippen LogP contribution in [0.15, 0.2) is 36.4 Å². The molecule has 0 bridgehead atoms. The van der Waals surface area contributed by atoms with E-state index < -0.39 is 11.6 Å². The van der Waals surface area contributed by atoms with E-state index >= 15 is 0 Å². The number of fused-ring (bicyclic) bond motifs is 1. The van der Waals surface area contributed by atoms with Crippen LogP contribution in [0.25, 0.3) is 0 Å². The van der Waals surface area contributed by atoms with Crippen LogP contribution in [-0.4, -0.2) is 24.5 Å². The van der Waals surface area contributed by atoms with Crippen molar-refractivity contribution in [2.75, 3.05) is 13.7 Å². The molecular weight excluding hydrogens is 312 g/mol. The number of hydrogen-bond acceptors (Lipinski definition) is 2. The SMILES string of the molecule is CC(c1ccc(F)c(F)c1)N(C)C(=O)Cc1ccc2c(c1)CCO2. The van der Waals surface area contributed by atoms with Gasteiger partial charge in [-0.15, -0.1) is 0 Å². The summed E-state index contributed by atoms with van der Waals surface area (Å²) in [6.45, 7) is 2.47. The number of rotatable bonds is 4. The molecular formula is C19H19F2NO2. The lowest BCUT2D eigenvalue weighted by Gasteiger charge is -2.25. The number of carbonyl (C=O) groups excluding carboxylic acids is 1. The van der Waals surface area contributed by atoms with Crippen molar-refractivity contribution >= 4 is 5.91 Å². The van der Waals surface area contributed by atoms with Crippen LogP contribution in [0.4, 0.5) is 8.78 Å². The van der Waals surface area contributed by atoms with Gasteiger partial charge in [0.15, 0.2) is 11.6 Å². The summed E-state index contributed by atoms with van der Waals surface area (Å²) < 4.78 is 31.9. The second kappa shape index (κ2) is 6.59. The predicted octanol–water partition coefficient (Wildman–Crippen LogP) is 3.66. The molecule has 0 saturated carbocycles. The number of likely N-dealkylation sites (N-methyl/N-ethyl adjacent to an activating group) is 1. The zero-order valence-corrected chi connectivity index (χ0v) is 13.7. The third-order valence-corrected chi connectivity index (χ3v) is 4.51. The van der Waals surface area contributed by atoms with Crippen molar-refractivity contribution in [3.63, 3.8) is 0 Å². The van der Waals surface area contributed by atoms with Crippen molar-refractivity contribution in [1.29, 1.82) is 0 Å². The van der Waals surface area contributed by atoms with Gasteiger partial charge in [-0.1, -0.05) is 18.2 Å². The minimum atomic E-state index is -0.904. The van der Waals surface area contributed by atoms with Gasteiger partial charge in [0.25, 0.3) is 0 Å². The number of carbonyl (C=O) groups is 1. The third-order valence-electron chi connectivity index (χ3n) is 4.51. The number of amides is 1. The molecule has 3 rings (SSSR count). The van der Waals surface area contributed by atoms with E-state index in [1.165, 1.54) is 6.07 Å². The Bertz CT molecular complexity index is 776. The Morgan fingerprint density at radius 3 is 2.75 bits per heavy atom. The van der Waals surface area contributed by atoms with E-state index in [0.29, 0.717) is 12.2 Å². The van der Waals surface area contributed by atoms with Gasteiger partial charge in [0.2, 0.25) is 5.91 Å². The Kier molecular flexibility index (Phi) is 4.51. The minimum absolute atomic E-state index is 0.0777. The quantitative estimate of drug-likeness (QED) is 0.856. The molecule has 0 saturated heterocycles. The lowest BCUT2D eigenvalue weighted by Crippen LogP contribution is -2.31. The maximum absolute atomic E-state index is 13.4. The van der Waals surface area contributed by atoms with Crippen molar-refractivity contribution < 1.29 is 18.3 Å². The van der Waals surface area contributed by atoms with Crippen LogP contribution in [0, 0.1) is 11.6 Å². The molecule has 0 spiro atoms. The van der Waals surface area contributed by atoms with Gasteiger partial charge in [0, 0.05) is 13.5 Å². The number of halogens is 2. The molecule has 3 nitrogen and oxygen atoms in total. The predicted molar refractivity (Wildman–Crippen MR) is 86.9 cm³/mol. The van der Waals surface area contributed by atoms with Gasteiger partial charge in [-0.3, -0.25) is 4.79 Å². The van der Waals surface area contributed by atoms with E-state index in [9.17, 15) is 13.6 Å². The van der Waals surface area contributed by atoms with Crippen LogP contribution >= 0.6 is 0 Å². The van der Waals surface area contributed by atoms with Gasteiger partial charge in [-0.05, 0) is 41.8 Å². The number of ether oxygens (including phenoxy) is 1. The highest BCUT2D eigenvalue weighted by atomic mass is 19.2. The van der Waals surface area contributed by atoms with Crippen molar-refractivity contribution in [2.45, 2.75) is 25.8 Å². The largest absolute Gasteiger partial charge is 0.493 e. The van der Waals surface area contributed by atoms with Crippen LogP contribution in [0.2, 0.25) is 0 Å². The summed E-state index contributed by atoms with van der Waals surface area (Å²) >= 11 is 0. The van der Waals surface area contributed by atoms with E-state index in [1.54, 1.807) is 18.9 Å². The summed E-state index contributed by atoms with van der Waals surface area (Å²) in [4.78, 5) is 14.1. The fraction of sp³-hybridized carbons (Fsp3) is 0.316. The van der Waals surface area contributed by atoms with Crippen LogP contribution in [0.3, 0.4) is 0 Å². The summed E-state index contributed by atoms with van der Waals surface area (Å²) in [7, 11) is 1.67. The van der Waals surface area contributed by atoms with E-state index in [4.69, 9.17) is 4.74 Å². The molecule has 0 radical (unpaired) electrons. The molecule has 5 heteroatoms. The lowest BCUT2D eigenvalue weighted by atomic mass is 10.0. The van der Waals surface area contributed by atoms with Crippen LogP contribution in [0.5, 0.6) is 5.75 Å². The van der Waals surface area contributed by atoms with Crippen molar-refractivity contribution in [3.05, 3.63) is 64.7 Å². The highest BCUT2D eigenvalue weighted by Gasteiger charge is 2.20. The average molecular weight is 331 g/mol. The summed E-state index contributed by atoms with van der Waals surface area (Å²) in [5, 5.41) is 0. The molecule has 126 valence electrons.